The van der Waals surface area contributed by atoms with Gasteiger partial charge in [-0.15, -0.1) is 0 Å². The fourth-order valence-electron chi connectivity index (χ4n) is 3.66. The second-order valence-electron chi connectivity index (χ2n) is 8.19. The van der Waals surface area contributed by atoms with Gasteiger partial charge < -0.3 is 20.4 Å². The predicted octanol–water partition coefficient (Wildman–Crippen LogP) is 1.69. The van der Waals surface area contributed by atoms with Crippen LogP contribution in [0.3, 0.4) is 0 Å². The van der Waals surface area contributed by atoms with Gasteiger partial charge in [0.15, 0.2) is 11.5 Å². The van der Waals surface area contributed by atoms with Gasteiger partial charge >= 0.3 is 11.7 Å². The molecule has 29 heavy (non-hydrogen) atoms. The predicted molar refractivity (Wildman–Crippen MR) is 115 cm³/mol. The second kappa shape index (κ2) is 9.58. The van der Waals surface area contributed by atoms with E-state index in [1.165, 1.54) is 0 Å². The van der Waals surface area contributed by atoms with E-state index >= 15 is 0 Å². The van der Waals surface area contributed by atoms with E-state index in [2.05, 4.69) is 38.6 Å². The number of nitrogen functional groups attached to an aromatic ring is 1. The molecule has 1 aliphatic rings. The Morgan fingerprint density at radius 1 is 1.10 bits per heavy atom. The van der Waals surface area contributed by atoms with Gasteiger partial charge in [0.2, 0.25) is 0 Å². The normalized spacial score (nSPS) is 17.3. The number of hydrogen-bond donors (Lipinski definition) is 2. The van der Waals surface area contributed by atoms with E-state index in [1.807, 2.05) is 13.8 Å². The Labute approximate surface area is 172 Å². The van der Waals surface area contributed by atoms with Gasteiger partial charge in [-0.3, -0.25) is 9.47 Å². The van der Waals surface area contributed by atoms with Gasteiger partial charge in [0.05, 0.1) is 6.10 Å². The number of aromatic nitrogens is 4. The fraction of sp³-hybridized carbons (Fsp3) is 0.750. The number of nitrogens with two attached hydrogens (primary N) is 1. The van der Waals surface area contributed by atoms with E-state index in [1.54, 1.807) is 4.57 Å². The van der Waals surface area contributed by atoms with Crippen LogP contribution in [0.5, 0.6) is 6.01 Å². The number of aryl methyl sites for hydroxylation is 1. The molecule has 0 amide bonds. The summed E-state index contributed by atoms with van der Waals surface area (Å²) in [4.78, 5) is 28.8. The Bertz CT molecular complexity index is 852. The first kappa shape index (κ1) is 21.6. The maximum atomic E-state index is 12.4. The van der Waals surface area contributed by atoms with E-state index < -0.39 is 0 Å². The van der Waals surface area contributed by atoms with Crippen molar-refractivity contribution >= 4 is 17.0 Å². The molecule has 0 saturated carbocycles. The molecule has 1 unspecified atom stereocenters. The maximum Gasteiger partial charge on any atom is 0.327 e. The lowest BCUT2D eigenvalue weighted by molar-refractivity contribution is 0.107. The van der Waals surface area contributed by atoms with Crippen LogP contribution in [0, 0.1) is 0 Å². The van der Waals surface area contributed by atoms with Crippen molar-refractivity contribution in [2.24, 2.45) is 0 Å². The van der Waals surface area contributed by atoms with E-state index in [4.69, 9.17) is 10.5 Å². The summed E-state index contributed by atoms with van der Waals surface area (Å²) in [5.74, 6) is 0.243. The maximum absolute atomic E-state index is 12.4. The summed E-state index contributed by atoms with van der Waals surface area (Å²) in [5, 5.41) is 0. The zero-order valence-electron chi connectivity index (χ0n) is 18.1. The SMILES string of the molecule is CCC(C)Oc1nc(N)c2[nH]c(=O)n(CCCCN3CCN(C(C)C)CC3)c2n1. The monoisotopic (exact) mass is 405 g/mol. The number of nitrogens with zero attached hydrogens (tertiary/aromatic N) is 5. The average Bonchev–Trinajstić information content (AvgIpc) is 3.01. The number of ether oxygens (including phenoxy) is 1. The number of anilines is 1. The summed E-state index contributed by atoms with van der Waals surface area (Å²) in [6.45, 7) is 14.7. The summed E-state index contributed by atoms with van der Waals surface area (Å²) in [5.41, 5.74) is 6.82. The third-order valence-corrected chi connectivity index (χ3v) is 5.75. The van der Waals surface area contributed by atoms with E-state index in [-0.39, 0.29) is 23.6 Å². The summed E-state index contributed by atoms with van der Waals surface area (Å²) in [6, 6.07) is 0.842. The molecule has 162 valence electrons. The van der Waals surface area contributed by atoms with Crippen LogP contribution in [0.1, 0.15) is 47.0 Å². The first-order valence-electron chi connectivity index (χ1n) is 10.8. The lowest BCUT2D eigenvalue weighted by Crippen LogP contribution is -2.48. The molecule has 0 aromatic carbocycles. The molecule has 9 heteroatoms. The molecule has 3 N–H and O–H groups in total. The molecule has 3 heterocycles. The number of imidazole rings is 1. The van der Waals surface area contributed by atoms with Crippen molar-refractivity contribution in [3.8, 4) is 6.01 Å². The highest BCUT2D eigenvalue weighted by Crippen LogP contribution is 2.19. The molecule has 1 saturated heterocycles. The number of hydrogen-bond acceptors (Lipinski definition) is 7. The largest absolute Gasteiger partial charge is 0.460 e. The average molecular weight is 406 g/mol. The summed E-state index contributed by atoms with van der Waals surface area (Å²) >= 11 is 0. The molecule has 3 rings (SSSR count). The Morgan fingerprint density at radius 3 is 2.45 bits per heavy atom. The first-order valence-corrected chi connectivity index (χ1v) is 10.8. The smallest absolute Gasteiger partial charge is 0.327 e. The quantitative estimate of drug-likeness (QED) is 0.612. The Hall–Kier alpha value is -2.13. The fourth-order valence-corrected chi connectivity index (χ4v) is 3.66. The van der Waals surface area contributed by atoms with Crippen molar-refractivity contribution in [1.82, 2.24) is 29.3 Å². The summed E-state index contributed by atoms with van der Waals surface area (Å²) in [6.07, 6.45) is 2.77. The zero-order chi connectivity index (χ0) is 21.0. The van der Waals surface area contributed by atoms with Gasteiger partial charge in [-0.1, -0.05) is 6.92 Å². The van der Waals surface area contributed by atoms with Crippen LogP contribution >= 0.6 is 0 Å². The van der Waals surface area contributed by atoms with E-state index in [0.29, 0.717) is 23.8 Å². The minimum atomic E-state index is -0.202. The molecule has 1 aliphatic heterocycles. The number of rotatable bonds is 9. The number of H-pyrrole nitrogens is 1. The molecule has 2 aromatic rings. The summed E-state index contributed by atoms with van der Waals surface area (Å²) < 4.78 is 7.35. The molecular weight excluding hydrogens is 370 g/mol. The third kappa shape index (κ3) is 5.27. The number of fused-ring (bicyclic) bond motifs is 1. The van der Waals surface area contributed by atoms with E-state index in [9.17, 15) is 4.79 Å². The van der Waals surface area contributed by atoms with Crippen molar-refractivity contribution in [2.45, 2.75) is 65.6 Å². The minimum Gasteiger partial charge on any atom is -0.460 e. The molecule has 0 spiro atoms. The van der Waals surface area contributed by atoms with Crippen LogP contribution in [0.15, 0.2) is 4.79 Å². The first-order chi connectivity index (χ1) is 13.9. The summed E-state index contributed by atoms with van der Waals surface area (Å²) in [7, 11) is 0. The van der Waals surface area contributed by atoms with Crippen LogP contribution < -0.4 is 16.2 Å². The molecule has 0 bridgehead atoms. The van der Waals surface area contributed by atoms with Gasteiger partial charge in [0.1, 0.15) is 5.52 Å². The molecule has 1 atom stereocenters. The van der Waals surface area contributed by atoms with Crippen LogP contribution in [0.2, 0.25) is 0 Å². The molecule has 2 aromatic heterocycles. The zero-order valence-corrected chi connectivity index (χ0v) is 18.1. The van der Waals surface area contributed by atoms with Crippen molar-refractivity contribution in [3.63, 3.8) is 0 Å². The lowest BCUT2D eigenvalue weighted by Gasteiger charge is -2.36. The van der Waals surface area contributed by atoms with Gasteiger partial charge in [-0.05, 0) is 46.6 Å². The highest BCUT2D eigenvalue weighted by atomic mass is 16.5. The topological polar surface area (TPSA) is 105 Å². The number of nitrogens with one attached hydrogen (secondary N) is 1. The Kier molecular flexibility index (Phi) is 7.13. The van der Waals surface area contributed by atoms with Crippen LogP contribution in [-0.4, -0.2) is 74.2 Å². The van der Waals surface area contributed by atoms with Gasteiger partial charge in [-0.25, -0.2) is 4.79 Å². The molecule has 9 nitrogen and oxygen atoms in total. The minimum absolute atomic E-state index is 0.0119. The van der Waals surface area contributed by atoms with Gasteiger partial charge in [0, 0.05) is 38.8 Å². The van der Waals surface area contributed by atoms with Crippen LogP contribution in [0.4, 0.5) is 5.82 Å². The number of aromatic amines is 1. The Morgan fingerprint density at radius 2 is 1.79 bits per heavy atom. The second-order valence-corrected chi connectivity index (χ2v) is 8.19. The van der Waals surface area contributed by atoms with E-state index in [0.717, 1.165) is 52.0 Å². The molecule has 1 fully saturated rings. The number of unbranched alkanes of at least 4 members (excludes halogenated alkanes) is 1. The number of piperazine rings is 1. The Balaban J connectivity index is 1.58. The highest BCUT2D eigenvalue weighted by Gasteiger charge is 2.19. The lowest BCUT2D eigenvalue weighted by atomic mass is 10.2. The standard InChI is InChI=1S/C20H35N7O2/c1-5-15(4)29-19-23-17(21)16-18(24-19)27(20(28)22-16)9-7-6-8-25-10-12-26(13-11-25)14(2)3/h14-15H,5-13H2,1-4H3,(H,22,28)(H2,21,23,24). The third-order valence-electron chi connectivity index (χ3n) is 5.75. The molecular formula is C20H35N7O2. The van der Waals surface area contributed by atoms with Gasteiger partial charge in [-0.2, -0.15) is 9.97 Å². The van der Waals surface area contributed by atoms with Crippen molar-refractivity contribution in [2.75, 3.05) is 38.5 Å². The van der Waals surface area contributed by atoms with Crippen molar-refractivity contribution in [1.29, 1.82) is 0 Å². The van der Waals surface area contributed by atoms with Crippen LogP contribution in [0.25, 0.3) is 11.2 Å². The van der Waals surface area contributed by atoms with Crippen molar-refractivity contribution < 1.29 is 4.74 Å². The molecule has 0 radical (unpaired) electrons. The van der Waals surface area contributed by atoms with Gasteiger partial charge in [0.25, 0.3) is 0 Å². The highest BCUT2D eigenvalue weighted by molar-refractivity contribution is 5.81. The van der Waals surface area contributed by atoms with Crippen molar-refractivity contribution in [3.05, 3.63) is 10.5 Å². The van der Waals surface area contributed by atoms with Crippen LogP contribution in [-0.2, 0) is 6.54 Å². The molecule has 0 aliphatic carbocycles.